The Labute approximate surface area is 98.1 Å². The quantitative estimate of drug-likeness (QED) is 0.664. The highest BCUT2D eigenvalue weighted by atomic mass is 79.9. The molecule has 0 radical (unpaired) electrons. The molecule has 0 spiro atoms. The van der Waals surface area contributed by atoms with Crippen LogP contribution in [0.1, 0.15) is 11.1 Å². The lowest BCUT2D eigenvalue weighted by Crippen LogP contribution is -2.04. The fraction of sp³-hybridized carbons (Fsp3) is 0.143. The first kappa shape index (κ1) is 9.17. The van der Waals surface area contributed by atoms with E-state index in [1.54, 1.807) is 0 Å². The molecule has 1 heteroatoms. The Bertz CT molecular complexity index is 514. The Kier molecular flexibility index (Phi) is 2.14. The van der Waals surface area contributed by atoms with Gasteiger partial charge >= 0.3 is 0 Å². The zero-order chi connectivity index (χ0) is 10.3. The zero-order valence-electron chi connectivity index (χ0n) is 8.33. The van der Waals surface area contributed by atoms with E-state index in [4.69, 9.17) is 0 Å². The van der Waals surface area contributed by atoms with Crippen molar-refractivity contribution >= 4 is 15.9 Å². The Morgan fingerprint density at radius 2 is 1.60 bits per heavy atom. The van der Waals surface area contributed by atoms with Crippen LogP contribution in [0, 0.1) is 0 Å². The predicted molar refractivity (Wildman–Crippen MR) is 67.0 cm³/mol. The average molecular weight is 259 g/mol. The van der Waals surface area contributed by atoms with E-state index >= 15 is 0 Å². The normalized spacial score (nSPS) is 13.1. The molecule has 0 heterocycles. The molecule has 0 aromatic heterocycles. The van der Waals surface area contributed by atoms with Gasteiger partial charge in [-0.1, -0.05) is 52.3 Å². The largest absolute Gasteiger partial charge is 0.0620 e. The van der Waals surface area contributed by atoms with Crippen molar-refractivity contribution in [3.05, 3.63) is 58.1 Å². The van der Waals surface area contributed by atoms with Gasteiger partial charge in [-0.2, -0.15) is 0 Å². The molecule has 1 aliphatic carbocycles. The van der Waals surface area contributed by atoms with E-state index in [1.807, 2.05) is 0 Å². The average Bonchev–Trinajstić information content (AvgIpc) is 2.29. The molecule has 74 valence electrons. The van der Waals surface area contributed by atoms with E-state index in [0.717, 1.165) is 12.8 Å². The van der Waals surface area contributed by atoms with Crippen molar-refractivity contribution < 1.29 is 0 Å². The third-order valence-corrected chi connectivity index (χ3v) is 3.81. The van der Waals surface area contributed by atoms with Crippen LogP contribution in [0.5, 0.6) is 0 Å². The van der Waals surface area contributed by atoms with Gasteiger partial charge in [0, 0.05) is 4.47 Å². The van der Waals surface area contributed by atoms with Crippen molar-refractivity contribution in [1.29, 1.82) is 0 Å². The smallest absolute Gasteiger partial charge is 0.0213 e. The number of aryl methyl sites for hydroxylation is 1. The fourth-order valence-electron chi connectivity index (χ4n) is 2.33. The lowest BCUT2D eigenvalue weighted by molar-refractivity contribution is 0.936. The van der Waals surface area contributed by atoms with Gasteiger partial charge in [-0.15, -0.1) is 0 Å². The van der Waals surface area contributed by atoms with Gasteiger partial charge in [0.15, 0.2) is 0 Å². The van der Waals surface area contributed by atoms with E-state index in [0.29, 0.717) is 0 Å². The zero-order valence-corrected chi connectivity index (χ0v) is 9.92. The van der Waals surface area contributed by atoms with Crippen LogP contribution in [0.15, 0.2) is 46.9 Å². The SMILES string of the molecule is Brc1cccc2c1CCc1ccccc1-2. The molecule has 0 unspecified atom stereocenters. The first-order valence-electron chi connectivity index (χ1n) is 5.22. The highest BCUT2D eigenvalue weighted by Crippen LogP contribution is 2.36. The van der Waals surface area contributed by atoms with E-state index < -0.39 is 0 Å². The van der Waals surface area contributed by atoms with Gasteiger partial charge in [0.05, 0.1) is 0 Å². The van der Waals surface area contributed by atoms with Crippen LogP contribution in [0.2, 0.25) is 0 Å². The number of fused-ring (bicyclic) bond motifs is 3. The van der Waals surface area contributed by atoms with Crippen molar-refractivity contribution in [2.45, 2.75) is 12.8 Å². The summed E-state index contributed by atoms with van der Waals surface area (Å²) in [5.74, 6) is 0. The van der Waals surface area contributed by atoms with Gasteiger partial charge in [0.1, 0.15) is 0 Å². The van der Waals surface area contributed by atoms with Gasteiger partial charge in [0.2, 0.25) is 0 Å². The minimum Gasteiger partial charge on any atom is -0.0620 e. The number of benzene rings is 2. The molecule has 2 aromatic rings. The summed E-state index contributed by atoms with van der Waals surface area (Å²) in [6, 6.07) is 15.2. The summed E-state index contributed by atoms with van der Waals surface area (Å²) >= 11 is 3.63. The van der Waals surface area contributed by atoms with Crippen LogP contribution in [0.25, 0.3) is 11.1 Å². The predicted octanol–water partition coefficient (Wildman–Crippen LogP) is 4.21. The molecule has 0 amide bonds. The molecule has 0 saturated carbocycles. The van der Waals surface area contributed by atoms with Crippen LogP contribution in [0.4, 0.5) is 0 Å². The van der Waals surface area contributed by atoms with Crippen molar-refractivity contribution in [1.82, 2.24) is 0 Å². The van der Waals surface area contributed by atoms with Gasteiger partial charge < -0.3 is 0 Å². The van der Waals surface area contributed by atoms with Crippen molar-refractivity contribution in [3.63, 3.8) is 0 Å². The molecule has 0 atom stereocenters. The van der Waals surface area contributed by atoms with Crippen LogP contribution >= 0.6 is 15.9 Å². The van der Waals surface area contributed by atoms with Crippen LogP contribution < -0.4 is 0 Å². The second kappa shape index (κ2) is 3.49. The van der Waals surface area contributed by atoms with E-state index in [2.05, 4.69) is 58.4 Å². The summed E-state index contributed by atoms with van der Waals surface area (Å²) in [4.78, 5) is 0. The number of rotatable bonds is 0. The highest BCUT2D eigenvalue weighted by molar-refractivity contribution is 9.10. The van der Waals surface area contributed by atoms with Crippen LogP contribution in [-0.4, -0.2) is 0 Å². The Hall–Kier alpha value is -1.08. The summed E-state index contributed by atoms with van der Waals surface area (Å²) in [6.45, 7) is 0. The maximum Gasteiger partial charge on any atom is 0.0213 e. The molecule has 0 aliphatic heterocycles. The monoisotopic (exact) mass is 258 g/mol. The molecule has 1 aliphatic rings. The van der Waals surface area contributed by atoms with Crippen LogP contribution in [-0.2, 0) is 12.8 Å². The van der Waals surface area contributed by atoms with E-state index in [1.165, 1.54) is 26.7 Å². The standard InChI is InChI=1S/C14H11Br/c15-14-7-3-6-12-11-5-2-1-4-10(11)8-9-13(12)14/h1-7H,8-9H2. The minimum absolute atomic E-state index is 1.15. The third kappa shape index (κ3) is 1.42. The summed E-state index contributed by atoms with van der Waals surface area (Å²) in [6.07, 6.45) is 2.31. The Balaban J connectivity index is 2.30. The van der Waals surface area contributed by atoms with Gasteiger partial charge in [-0.3, -0.25) is 0 Å². The lowest BCUT2D eigenvalue weighted by Gasteiger charge is -2.20. The van der Waals surface area contributed by atoms with Gasteiger partial charge in [-0.05, 0) is 41.2 Å². The molecule has 0 bridgehead atoms. The number of halogens is 1. The molecule has 0 saturated heterocycles. The Morgan fingerprint density at radius 3 is 2.53 bits per heavy atom. The first-order valence-corrected chi connectivity index (χ1v) is 6.01. The summed E-state index contributed by atoms with van der Waals surface area (Å²) < 4.78 is 1.24. The summed E-state index contributed by atoms with van der Waals surface area (Å²) in [5.41, 5.74) is 5.73. The summed E-state index contributed by atoms with van der Waals surface area (Å²) in [7, 11) is 0. The maximum absolute atomic E-state index is 3.63. The van der Waals surface area contributed by atoms with Crippen molar-refractivity contribution in [2.24, 2.45) is 0 Å². The summed E-state index contributed by atoms with van der Waals surface area (Å²) in [5, 5.41) is 0. The molecule has 0 fully saturated rings. The molecule has 0 nitrogen and oxygen atoms in total. The lowest BCUT2D eigenvalue weighted by atomic mass is 9.86. The molecule has 0 N–H and O–H groups in total. The molecule has 2 aromatic carbocycles. The topological polar surface area (TPSA) is 0 Å². The minimum atomic E-state index is 1.15. The fourth-order valence-corrected chi connectivity index (χ4v) is 2.89. The first-order chi connectivity index (χ1) is 7.36. The third-order valence-electron chi connectivity index (χ3n) is 3.07. The van der Waals surface area contributed by atoms with E-state index in [9.17, 15) is 0 Å². The number of hydrogen-bond donors (Lipinski definition) is 0. The van der Waals surface area contributed by atoms with Gasteiger partial charge in [-0.25, -0.2) is 0 Å². The van der Waals surface area contributed by atoms with Crippen LogP contribution in [0.3, 0.4) is 0 Å². The van der Waals surface area contributed by atoms with E-state index in [-0.39, 0.29) is 0 Å². The van der Waals surface area contributed by atoms with Crippen molar-refractivity contribution in [3.8, 4) is 11.1 Å². The Morgan fingerprint density at radius 1 is 0.800 bits per heavy atom. The highest BCUT2D eigenvalue weighted by Gasteiger charge is 2.16. The van der Waals surface area contributed by atoms with Gasteiger partial charge in [0.25, 0.3) is 0 Å². The van der Waals surface area contributed by atoms with Crippen molar-refractivity contribution in [2.75, 3.05) is 0 Å². The molecule has 15 heavy (non-hydrogen) atoms. The molecule has 3 rings (SSSR count). The maximum atomic E-state index is 3.63. The number of hydrogen-bond acceptors (Lipinski definition) is 0. The second-order valence-electron chi connectivity index (χ2n) is 3.92. The second-order valence-corrected chi connectivity index (χ2v) is 4.78. The molecular formula is C14H11Br. The molecular weight excluding hydrogens is 248 g/mol.